The monoisotopic (exact) mass is 260 g/mol. The summed E-state index contributed by atoms with van der Waals surface area (Å²) in [7, 11) is 1.41. The Hall–Kier alpha value is -1.26. The van der Waals surface area contributed by atoms with E-state index in [4.69, 9.17) is 23.2 Å². The van der Waals surface area contributed by atoms with Crippen LogP contribution in [0, 0.1) is 0 Å². The van der Waals surface area contributed by atoms with Gasteiger partial charge in [-0.2, -0.15) is 0 Å². The number of benzene rings is 1. The van der Waals surface area contributed by atoms with Gasteiger partial charge in [-0.25, -0.2) is 0 Å². The Balaban J connectivity index is 2.56. The number of nitrogens with zero attached hydrogens (tertiary/aromatic N) is 1. The van der Waals surface area contributed by atoms with Gasteiger partial charge < -0.3 is 10.2 Å². The van der Waals surface area contributed by atoms with Crippen LogP contribution in [0.15, 0.2) is 23.4 Å². The van der Waals surface area contributed by atoms with Gasteiger partial charge in [-0.3, -0.25) is 4.79 Å². The molecule has 0 saturated heterocycles. The van der Waals surface area contributed by atoms with Gasteiger partial charge in [0.05, 0.1) is 22.7 Å². The van der Waals surface area contributed by atoms with Crippen LogP contribution in [0.3, 0.4) is 0 Å². The number of hydrogen-bond donors (Lipinski definition) is 1. The van der Waals surface area contributed by atoms with Gasteiger partial charge in [0.1, 0.15) is 7.11 Å². The summed E-state index contributed by atoms with van der Waals surface area (Å²) in [4.78, 5) is 15.8. The summed E-state index contributed by atoms with van der Waals surface area (Å²) in [6.07, 6.45) is 1.50. The van der Waals surface area contributed by atoms with Crippen molar-refractivity contribution in [2.45, 2.75) is 6.42 Å². The third-order valence-corrected chi connectivity index (χ3v) is 2.40. The number of halogens is 2. The number of carbonyl (C=O) groups excluding carboxylic acids is 1. The maximum atomic E-state index is 11.3. The fraction of sp³-hybridized carbons (Fsp3) is 0.200. The standard InChI is InChI=1S/C10H10Cl2N2O2/c1-16-13-5-4-10(15)14-7-2-3-8(11)9(12)6-7/h2-3,5-6H,4H2,1H3,(H,14,15). The summed E-state index contributed by atoms with van der Waals surface area (Å²) >= 11 is 11.5. The first-order valence-electron chi connectivity index (χ1n) is 4.43. The molecule has 0 aliphatic rings. The van der Waals surface area contributed by atoms with Gasteiger partial charge in [0, 0.05) is 5.69 Å². The number of hydrogen-bond acceptors (Lipinski definition) is 3. The Morgan fingerprint density at radius 2 is 2.25 bits per heavy atom. The van der Waals surface area contributed by atoms with Gasteiger partial charge in [-0.05, 0) is 18.2 Å². The second-order valence-corrected chi connectivity index (χ2v) is 3.67. The van der Waals surface area contributed by atoms with E-state index in [1.807, 2.05) is 0 Å². The summed E-state index contributed by atoms with van der Waals surface area (Å²) in [6.45, 7) is 0. The highest BCUT2D eigenvalue weighted by Gasteiger charge is 2.03. The van der Waals surface area contributed by atoms with E-state index in [9.17, 15) is 4.79 Å². The van der Waals surface area contributed by atoms with Crippen molar-refractivity contribution in [3.8, 4) is 0 Å². The van der Waals surface area contributed by atoms with Crippen molar-refractivity contribution in [1.29, 1.82) is 0 Å². The third-order valence-electron chi connectivity index (χ3n) is 1.66. The molecule has 1 rings (SSSR count). The lowest BCUT2D eigenvalue weighted by Gasteiger charge is -2.04. The van der Waals surface area contributed by atoms with E-state index in [-0.39, 0.29) is 12.3 Å². The van der Waals surface area contributed by atoms with E-state index in [0.717, 1.165) is 0 Å². The molecule has 0 radical (unpaired) electrons. The number of rotatable bonds is 4. The van der Waals surface area contributed by atoms with Crippen molar-refractivity contribution in [3.63, 3.8) is 0 Å². The van der Waals surface area contributed by atoms with Crippen LogP contribution in [0.5, 0.6) is 0 Å². The Morgan fingerprint density at radius 3 is 2.88 bits per heavy atom. The number of anilines is 1. The number of carbonyl (C=O) groups is 1. The molecule has 0 spiro atoms. The van der Waals surface area contributed by atoms with Gasteiger partial charge in [0.2, 0.25) is 5.91 Å². The predicted octanol–water partition coefficient (Wildman–Crippen LogP) is 2.95. The van der Waals surface area contributed by atoms with Crippen LogP contribution in [0.25, 0.3) is 0 Å². The molecule has 4 nitrogen and oxygen atoms in total. The first-order valence-corrected chi connectivity index (χ1v) is 5.19. The SMILES string of the molecule is CON=CCC(=O)Nc1ccc(Cl)c(Cl)c1. The van der Waals surface area contributed by atoms with Crippen LogP contribution < -0.4 is 5.32 Å². The lowest BCUT2D eigenvalue weighted by Crippen LogP contribution is -2.11. The molecule has 86 valence electrons. The highest BCUT2D eigenvalue weighted by atomic mass is 35.5. The largest absolute Gasteiger partial charge is 0.399 e. The summed E-state index contributed by atoms with van der Waals surface area (Å²) in [5.41, 5.74) is 0.588. The van der Waals surface area contributed by atoms with Crippen LogP contribution >= 0.6 is 23.2 Å². The molecular formula is C10H10Cl2N2O2. The Bertz CT molecular complexity index is 408. The zero-order valence-electron chi connectivity index (χ0n) is 8.54. The molecule has 16 heavy (non-hydrogen) atoms. The fourth-order valence-corrected chi connectivity index (χ4v) is 1.28. The molecule has 0 saturated carbocycles. The summed E-state index contributed by atoms with van der Waals surface area (Å²) < 4.78 is 0. The zero-order valence-corrected chi connectivity index (χ0v) is 10.0. The molecule has 0 aromatic heterocycles. The van der Waals surface area contributed by atoms with Crippen LogP contribution in [0.2, 0.25) is 10.0 Å². The minimum absolute atomic E-state index is 0.133. The van der Waals surface area contributed by atoms with E-state index in [2.05, 4.69) is 15.3 Å². The molecule has 1 amide bonds. The van der Waals surface area contributed by atoms with E-state index < -0.39 is 0 Å². The Morgan fingerprint density at radius 1 is 1.50 bits per heavy atom. The topological polar surface area (TPSA) is 50.7 Å². The van der Waals surface area contributed by atoms with Gasteiger partial charge >= 0.3 is 0 Å². The Labute approximate surface area is 103 Å². The molecule has 0 fully saturated rings. The van der Waals surface area contributed by atoms with Crippen LogP contribution in [0.1, 0.15) is 6.42 Å². The maximum Gasteiger partial charge on any atom is 0.229 e. The molecule has 6 heteroatoms. The van der Waals surface area contributed by atoms with E-state index in [1.165, 1.54) is 13.3 Å². The first-order chi connectivity index (χ1) is 7.63. The van der Waals surface area contributed by atoms with Crippen molar-refractivity contribution in [2.24, 2.45) is 5.16 Å². The van der Waals surface area contributed by atoms with Crippen molar-refractivity contribution in [3.05, 3.63) is 28.2 Å². The fourth-order valence-electron chi connectivity index (χ4n) is 0.981. The lowest BCUT2D eigenvalue weighted by molar-refractivity contribution is -0.115. The smallest absolute Gasteiger partial charge is 0.229 e. The number of oxime groups is 1. The average Bonchev–Trinajstić information content (AvgIpc) is 2.24. The van der Waals surface area contributed by atoms with Crippen molar-refractivity contribution >= 4 is 41.0 Å². The zero-order chi connectivity index (χ0) is 12.0. The summed E-state index contributed by atoms with van der Waals surface area (Å²) in [5, 5.41) is 6.93. The molecule has 0 bridgehead atoms. The second kappa shape index (κ2) is 6.35. The number of nitrogens with one attached hydrogen (secondary N) is 1. The minimum Gasteiger partial charge on any atom is -0.399 e. The maximum absolute atomic E-state index is 11.3. The molecule has 0 heterocycles. The predicted molar refractivity (Wildman–Crippen MR) is 65.2 cm³/mol. The molecule has 0 atom stereocenters. The van der Waals surface area contributed by atoms with Gasteiger partial charge in [-0.1, -0.05) is 28.4 Å². The molecule has 0 aliphatic carbocycles. The minimum atomic E-state index is -0.209. The quantitative estimate of drug-likeness (QED) is 0.669. The Kier molecular flexibility index (Phi) is 5.08. The molecular weight excluding hydrogens is 251 g/mol. The van der Waals surface area contributed by atoms with Gasteiger partial charge in [-0.15, -0.1) is 0 Å². The van der Waals surface area contributed by atoms with Crippen LogP contribution in [-0.4, -0.2) is 19.2 Å². The lowest BCUT2D eigenvalue weighted by atomic mass is 10.3. The molecule has 1 aromatic carbocycles. The summed E-state index contributed by atoms with van der Waals surface area (Å²) in [5.74, 6) is -0.209. The van der Waals surface area contributed by atoms with E-state index >= 15 is 0 Å². The van der Waals surface area contributed by atoms with Gasteiger partial charge in [0.25, 0.3) is 0 Å². The molecule has 0 aliphatic heterocycles. The third kappa shape index (κ3) is 4.08. The van der Waals surface area contributed by atoms with Crippen molar-refractivity contribution < 1.29 is 9.63 Å². The van der Waals surface area contributed by atoms with Crippen molar-refractivity contribution in [1.82, 2.24) is 0 Å². The highest BCUT2D eigenvalue weighted by molar-refractivity contribution is 6.42. The summed E-state index contributed by atoms with van der Waals surface area (Å²) in [6, 6.07) is 4.86. The highest BCUT2D eigenvalue weighted by Crippen LogP contribution is 2.24. The molecule has 0 unspecified atom stereocenters. The number of amides is 1. The van der Waals surface area contributed by atoms with Crippen LogP contribution in [0.4, 0.5) is 5.69 Å². The first kappa shape index (κ1) is 12.8. The van der Waals surface area contributed by atoms with Crippen molar-refractivity contribution in [2.75, 3.05) is 12.4 Å². The molecule has 1 N–H and O–H groups in total. The van der Waals surface area contributed by atoms with E-state index in [1.54, 1.807) is 18.2 Å². The van der Waals surface area contributed by atoms with Crippen LogP contribution in [-0.2, 0) is 9.63 Å². The normalized spacial score (nSPS) is 10.4. The van der Waals surface area contributed by atoms with Gasteiger partial charge in [0.15, 0.2) is 0 Å². The van der Waals surface area contributed by atoms with E-state index in [0.29, 0.717) is 15.7 Å². The molecule has 1 aromatic rings. The second-order valence-electron chi connectivity index (χ2n) is 2.85. The average molecular weight is 261 g/mol.